The molecular weight excluding hydrogens is 443 g/mol. The molecule has 11 heteroatoms. The quantitative estimate of drug-likeness (QED) is 0.630. The number of halogens is 3. The van der Waals surface area contributed by atoms with E-state index < -0.39 is 11.9 Å². The summed E-state index contributed by atoms with van der Waals surface area (Å²) >= 11 is 1.61. The van der Waals surface area contributed by atoms with Crippen molar-refractivity contribution in [1.29, 1.82) is 0 Å². The van der Waals surface area contributed by atoms with Crippen LogP contribution in [0, 0.1) is 6.92 Å². The predicted molar refractivity (Wildman–Crippen MR) is 114 cm³/mol. The third kappa shape index (κ3) is 4.97. The number of oxime groups is 1. The Bertz CT molecular complexity index is 992. The van der Waals surface area contributed by atoms with Crippen LogP contribution in [0.2, 0.25) is 0 Å². The second-order valence-electron chi connectivity index (χ2n) is 8.31. The van der Waals surface area contributed by atoms with E-state index in [4.69, 9.17) is 9.82 Å². The molecule has 1 saturated heterocycles. The van der Waals surface area contributed by atoms with E-state index in [1.54, 1.807) is 16.2 Å². The number of hydrogen-bond donors (Lipinski definition) is 0. The van der Waals surface area contributed by atoms with Crippen molar-refractivity contribution in [3.63, 3.8) is 0 Å². The van der Waals surface area contributed by atoms with Crippen LogP contribution in [0.4, 0.5) is 13.2 Å². The van der Waals surface area contributed by atoms with Gasteiger partial charge in [-0.15, -0.1) is 11.3 Å². The van der Waals surface area contributed by atoms with Crippen LogP contribution in [0.1, 0.15) is 67.0 Å². The highest BCUT2D eigenvalue weighted by Gasteiger charge is 2.35. The third-order valence-electron chi connectivity index (χ3n) is 5.91. The first kappa shape index (κ1) is 22.8. The zero-order valence-electron chi connectivity index (χ0n) is 18.1. The zero-order chi connectivity index (χ0) is 22.9. The van der Waals surface area contributed by atoms with Gasteiger partial charge in [-0.3, -0.25) is 9.48 Å². The number of rotatable bonds is 6. The Morgan fingerprint density at radius 2 is 2.06 bits per heavy atom. The Morgan fingerprint density at radius 3 is 2.72 bits per heavy atom. The van der Waals surface area contributed by atoms with Crippen LogP contribution in [-0.2, 0) is 22.4 Å². The monoisotopic (exact) mass is 469 g/mol. The Kier molecular flexibility index (Phi) is 6.55. The minimum absolute atomic E-state index is 0.139. The number of alkyl halides is 3. The summed E-state index contributed by atoms with van der Waals surface area (Å²) in [5.41, 5.74) is 1.11. The highest BCUT2D eigenvalue weighted by Crippen LogP contribution is 2.32. The van der Waals surface area contributed by atoms with Gasteiger partial charge in [0.25, 0.3) is 0 Å². The maximum atomic E-state index is 12.8. The van der Waals surface area contributed by atoms with Crippen LogP contribution < -0.4 is 0 Å². The van der Waals surface area contributed by atoms with Gasteiger partial charge in [0.2, 0.25) is 5.91 Å². The van der Waals surface area contributed by atoms with Gasteiger partial charge in [-0.1, -0.05) is 18.5 Å². The molecule has 0 aliphatic carbocycles. The molecule has 0 bridgehead atoms. The van der Waals surface area contributed by atoms with E-state index in [1.165, 1.54) is 6.92 Å². The Balaban J connectivity index is 1.31. The fourth-order valence-corrected chi connectivity index (χ4v) is 5.08. The predicted octanol–water partition coefficient (Wildman–Crippen LogP) is 4.37. The number of piperidine rings is 1. The number of carbonyl (C=O) groups excluding carboxylic acids is 1. The Labute approximate surface area is 188 Å². The average molecular weight is 470 g/mol. The molecular formula is C21H26F3N5O2S. The van der Waals surface area contributed by atoms with Crippen molar-refractivity contribution in [3.05, 3.63) is 33.5 Å². The minimum atomic E-state index is -4.52. The summed E-state index contributed by atoms with van der Waals surface area (Å²) in [5.74, 6) is 0.0399. The highest BCUT2D eigenvalue weighted by molar-refractivity contribution is 7.10. The van der Waals surface area contributed by atoms with E-state index in [-0.39, 0.29) is 24.5 Å². The van der Waals surface area contributed by atoms with Gasteiger partial charge in [-0.2, -0.15) is 18.3 Å². The molecule has 2 aliphatic rings. The smallest absolute Gasteiger partial charge is 0.392 e. The second kappa shape index (κ2) is 9.21. The maximum Gasteiger partial charge on any atom is 0.435 e. The molecule has 1 atom stereocenters. The van der Waals surface area contributed by atoms with Gasteiger partial charge in [0.15, 0.2) is 5.69 Å². The minimum Gasteiger partial charge on any atom is -0.392 e. The summed E-state index contributed by atoms with van der Waals surface area (Å²) in [6.45, 7) is 4.55. The topological polar surface area (TPSA) is 72.6 Å². The van der Waals surface area contributed by atoms with Gasteiger partial charge in [-0.05, 0) is 32.3 Å². The van der Waals surface area contributed by atoms with Crippen LogP contribution in [-0.4, -0.2) is 50.5 Å². The van der Waals surface area contributed by atoms with Crippen molar-refractivity contribution in [2.75, 3.05) is 13.1 Å². The van der Waals surface area contributed by atoms with Crippen LogP contribution in [0.5, 0.6) is 0 Å². The lowest BCUT2D eigenvalue weighted by atomic mass is 9.97. The van der Waals surface area contributed by atoms with Crippen molar-refractivity contribution < 1.29 is 22.8 Å². The molecule has 174 valence electrons. The number of likely N-dealkylation sites (tertiary alicyclic amines) is 1. The van der Waals surface area contributed by atoms with Crippen molar-refractivity contribution in [2.45, 2.75) is 70.7 Å². The van der Waals surface area contributed by atoms with Crippen molar-refractivity contribution in [2.24, 2.45) is 5.16 Å². The molecule has 2 aliphatic heterocycles. The third-order valence-corrected chi connectivity index (χ3v) is 6.92. The molecule has 0 aromatic carbocycles. The first-order valence-electron chi connectivity index (χ1n) is 10.8. The summed E-state index contributed by atoms with van der Waals surface area (Å²) in [4.78, 5) is 24.6. The molecule has 7 nitrogen and oxygen atoms in total. The number of hydrogen-bond acceptors (Lipinski definition) is 6. The van der Waals surface area contributed by atoms with Crippen LogP contribution in [0.25, 0.3) is 0 Å². The molecule has 1 amide bonds. The lowest BCUT2D eigenvalue weighted by Crippen LogP contribution is -2.40. The fourth-order valence-electron chi connectivity index (χ4n) is 4.08. The van der Waals surface area contributed by atoms with Crippen molar-refractivity contribution >= 4 is 23.0 Å². The van der Waals surface area contributed by atoms with E-state index in [0.717, 1.165) is 59.3 Å². The molecule has 32 heavy (non-hydrogen) atoms. The molecule has 0 spiro atoms. The SMILES string of the molecule is CCCC1CC(c2csc(C3CCN(C(=O)Cn4nc(C(F)(F)F)cc4C)CC3)n2)=NO1. The molecule has 0 radical (unpaired) electrons. The molecule has 0 N–H and O–H groups in total. The van der Waals surface area contributed by atoms with Crippen LogP contribution in [0.3, 0.4) is 0 Å². The number of amides is 1. The van der Waals surface area contributed by atoms with E-state index in [0.29, 0.717) is 18.8 Å². The first-order valence-corrected chi connectivity index (χ1v) is 11.7. The average Bonchev–Trinajstić information content (AvgIpc) is 3.48. The van der Waals surface area contributed by atoms with E-state index in [9.17, 15) is 18.0 Å². The second-order valence-corrected chi connectivity index (χ2v) is 9.20. The number of nitrogens with zero attached hydrogens (tertiary/aromatic N) is 5. The summed E-state index contributed by atoms with van der Waals surface area (Å²) in [6.07, 6.45) is -0.0232. The Hall–Kier alpha value is -2.43. The summed E-state index contributed by atoms with van der Waals surface area (Å²) in [6, 6.07) is 0.962. The van der Waals surface area contributed by atoms with Gasteiger partial charge < -0.3 is 9.74 Å². The lowest BCUT2D eigenvalue weighted by molar-refractivity contribution is -0.142. The normalized spacial score (nSPS) is 19.8. The van der Waals surface area contributed by atoms with Gasteiger partial charge in [-0.25, -0.2) is 4.98 Å². The molecule has 4 rings (SSSR count). The van der Waals surface area contributed by atoms with E-state index >= 15 is 0 Å². The van der Waals surface area contributed by atoms with Crippen molar-refractivity contribution in [3.8, 4) is 0 Å². The summed E-state index contributed by atoms with van der Waals surface area (Å²) in [7, 11) is 0. The van der Waals surface area contributed by atoms with Gasteiger partial charge in [0, 0.05) is 36.5 Å². The van der Waals surface area contributed by atoms with Crippen LogP contribution >= 0.6 is 11.3 Å². The molecule has 4 heterocycles. The number of carbonyl (C=O) groups is 1. The van der Waals surface area contributed by atoms with E-state index in [1.807, 2.05) is 5.38 Å². The number of thiazole rings is 1. The molecule has 0 saturated carbocycles. The summed E-state index contributed by atoms with van der Waals surface area (Å²) < 4.78 is 39.6. The largest absolute Gasteiger partial charge is 0.435 e. The van der Waals surface area contributed by atoms with Gasteiger partial charge >= 0.3 is 6.18 Å². The zero-order valence-corrected chi connectivity index (χ0v) is 18.9. The van der Waals surface area contributed by atoms with Gasteiger partial charge in [0.05, 0.1) is 10.7 Å². The lowest BCUT2D eigenvalue weighted by Gasteiger charge is -2.31. The molecule has 2 aromatic heterocycles. The van der Waals surface area contributed by atoms with Crippen molar-refractivity contribution in [1.82, 2.24) is 19.7 Å². The van der Waals surface area contributed by atoms with Crippen LogP contribution in [0.15, 0.2) is 16.6 Å². The Morgan fingerprint density at radius 1 is 1.31 bits per heavy atom. The highest BCUT2D eigenvalue weighted by atomic mass is 32.1. The molecule has 1 fully saturated rings. The standard InChI is InChI=1S/C21H26F3N5O2S/c1-3-4-15-10-16(27-31-15)17-12-32-20(25-17)14-5-7-28(8-6-14)19(30)11-29-13(2)9-18(26-29)21(22,23)24/h9,12,14-15H,3-8,10-11H2,1-2H3. The van der Waals surface area contributed by atoms with Gasteiger partial charge in [0.1, 0.15) is 18.4 Å². The molecule has 2 aromatic rings. The maximum absolute atomic E-state index is 12.8. The molecule has 1 unspecified atom stereocenters. The number of aromatic nitrogens is 3. The van der Waals surface area contributed by atoms with E-state index in [2.05, 4.69) is 17.2 Å². The number of aryl methyl sites for hydroxylation is 1. The first-order chi connectivity index (χ1) is 15.2. The summed E-state index contributed by atoms with van der Waals surface area (Å²) in [5, 5.41) is 10.8. The fraction of sp³-hybridized carbons (Fsp3) is 0.619.